The number of H-pyrrole nitrogens is 1. The fourth-order valence-corrected chi connectivity index (χ4v) is 2.86. The summed E-state index contributed by atoms with van der Waals surface area (Å²) in [5, 5.41) is 3.40. The number of carbonyl (C=O) groups is 2. The minimum Gasteiger partial charge on any atom is -0.356 e. The van der Waals surface area contributed by atoms with Crippen LogP contribution in [0, 0.1) is 13.8 Å². The molecule has 1 aliphatic heterocycles. The van der Waals surface area contributed by atoms with Gasteiger partial charge >= 0.3 is 0 Å². The van der Waals surface area contributed by atoms with Crippen molar-refractivity contribution in [3.63, 3.8) is 0 Å². The Labute approximate surface area is 113 Å². The van der Waals surface area contributed by atoms with Crippen LogP contribution in [0.2, 0.25) is 0 Å². The molecule has 5 nitrogen and oxygen atoms in total. The number of aldehydes is 1. The number of hydrogen-bond acceptors (Lipinski definition) is 3. The summed E-state index contributed by atoms with van der Waals surface area (Å²) in [4.78, 5) is 28.4. The summed E-state index contributed by atoms with van der Waals surface area (Å²) in [6.07, 6.45) is 0.766. The van der Waals surface area contributed by atoms with Gasteiger partial charge in [0.2, 0.25) is 0 Å². The zero-order chi connectivity index (χ0) is 14.2. The Balaban J connectivity index is 2.29. The Morgan fingerprint density at radius 2 is 1.84 bits per heavy atom. The van der Waals surface area contributed by atoms with Gasteiger partial charge in [0.1, 0.15) is 0 Å². The van der Waals surface area contributed by atoms with Crippen molar-refractivity contribution in [3.05, 3.63) is 22.5 Å². The lowest BCUT2D eigenvalue weighted by molar-refractivity contribution is 0.0672. The van der Waals surface area contributed by atoms with Crippen molar-refractivity contribution < 1.29 is 9.59 Å². The molecule has 1 aliphatic rings. The molecule has 19 heavy (non-hydrogen) atoms. The summed E-state index contributed by atoms with van der Waals surface area (Å²) < 4.78 is 0. The van der Waals surface area contributed by atoms with Crippen molar-refractivity contribution in [2.24, 2.45) is 0 Å². The first-order valence-corrected chi connectivity index (χ1v) is 6.63. The molecule has 1 amide bonds. The molecule has 1 aromatic heterocycles. The second kappa shape index (κ2) is 5.17. The third kappa shape index (κ3) is 2.56. The van der Waals surface area contributed by atoms with Gasteiger partial charge in [-0.05, 0) is 33.3 Å². The Bertz CT molecular complexity index is 497. The van der Waals surface area contributed by atoms with Crippen LogP contribution in [0.5, 0.6) is 0 Å². The quantitative estimate of drug-likeness (QED) is 0.790. The third-order valence-corrected chi connectivity index (χ3v) is 3.65. The van der Waals surface area contributed by atoms with Gasteiger partial charge in [-0.25, -0.2) is 0 Å². The summed E-state index contributed by atoms with van der Waals surface area (Å²) in [5.41, 5.74) is 2.65. The third-order valence-electron chi connectivity index (χ3n) is 3.65. The standard InChI is InChI=1S/C14H21N3O2/c1-8-5-17(6-9(2)15-8)14(19)13-10(3)12(7-18)16-11(13)4/h7-9,15-16H,5-6H2,1-4H3/t8-,9-/m0/s1. The lowest BCUT2D eigenvalue weighted by atomic mass is 10.1. The van der Waals surface area contributed by atoms with Gasteiger partial charge in [-0.3, -0.25) is 9.59 Å². The summed E-state index contributed by atoms with van der Waals surface area (Å²) in [5.74, 6) is 0.0135. The topological polar surface area (TPSA) is 65.2 Å². The first kappa shape index (κ1) is 13.8. The molecule has 0 radical (unpaired) electrons. The molecule has 0 aliphatic carbocycles. The predicted octanol–water partition coefficient (Wildman–Crippen LogP) is 1.27. The number of carbonyl (C=O) groups excluding carboxylic acids is 2. The van der Waals surface area contributed by atoms with E-state index in [2.05, 4.69) is 24.1 Å². The number of aryl methyl sites for hydroxylation is 1. The van der Waals surface area contributed by atoms with E-state index in [1.807, 2.05) is 18.7 Å². The molecule has 2 atom stereocenters. The Morgan fingerprint density at radius 1 is 1.26 bits per heavy atom. The Morgan fingerprint density at radius 3 is 2.32 bits per heavy atom. The minimum atomic E-state index is 0.0135. The van der Waals surface area contributed by atoms with Gasteiger partial charge in [0.25, 0.3) is 5.91 Å². The van der Waals surface area contributed by atoms with E-state index in [4.69, 9.17) is 0 Å². The number of hydrogen-bond donors (Lipinski definition) is 2. The monoisotopic (exact) mass is 263 g/mol. The summed E-state index contributed by atoms with van der Waals surface area (Å²) in [6.45, 7) is 9.19. The summed E-state index contributed by atoms with van der Waals surface area (Å²) in [7, 11) is 0. The molecule has 0 aromatic carbocycles. The Kier molecular flexibility index (Phi) is 3.75. The summed E-state index contributed by atoms with van der Waals surface area (Å²) in [6, 6.07) is 0.579. The second-order valence-electron chi connectivity index (χ2n) is 5.46. The van der Waals surface area contributed by atoms with E-state index in [9.17, 15) is 9.59 Å². The van der Waals surface area contributed by atoms with Gasteiger partial charge in [0.15, 0.2) is 6.29 Å². The maximum atomic E-state index is 12.6. The second-order valence-corrected chi connectivity index (χ2v) is 5.46. The molecule has 0 saturated carbocycles. The van der Waals surface area contributed by atoms with Gasteiger partial charge in [-0.15, -0.1) is 0 Å². The lowest BCUT2D eigenvalue weighted by Crippen LogP contribution is -2.55. The van der Waals surface area contributed by atoms with Crippen molar-refractivity contribution in [1.29, 1.82) is 0 Å². The number of amides is 1. The highest BCUT2D eigenvalue weighted by Crippen LogP contribution is 2.20. The van der Waals surface area contributed by atoms with Crippen LogP contribution in [0.25, 0.3) is 0 Å². The van der Waals surface area contributed by atoms with Crippen molar-refractivity contribution in [1.82, 2.24) is 15.2 Å². The molecule has 2 heterocycles. The van der Waals surface area contributed by atoms with Crippen LogP contribution in [0.3, 0.4) is 0 Å². The molecule has 104 valence electrons. The molecule has 0 spiro atoms. The van der Waals surface area contributed by atoms with Crippen LogP contribution in [-0.4, -0.2) is 47.3 Å². The molecule has 2 N–H and O–H groups in total. The van der Waals surface area contributed by atoms with Gasteiger partial charge in [-0.1, -0.05) is 0 Å². The smallest absolute Gasteiger partial charge is 0.256 e. The van der Waals surface area contributed by atoms with E-state index < -0.39 is 0 Å². The number of aromatic amines is 1. The van der Waals surface area contributed by atoms with Crippen LogP contribution in [0.4, 0.5) is 0 Å². The average molecular weight is 263 g/mol. The highest BCUT2D eigenvalue weighted by atomic mass is 16.2. The molecule has 1 fully saturated rings. The molecular weight excluding hydrogens is 242 g/mol. The largest absolute Gasteiger partial charge is 0.356 e. The molecule has 2 rings (SSSR count). The van der Waals surface area contributed by atoms with Gasteiger partial charge in [0.05, 0.1) is 11.3 Å². The summed E-state index contributed by atoms with van der Waals surface area (Å²) >= 11 is 0. The molecule has 0 bridgehead atoms. The van der Waals surface area contributed by atoms with Crippen molar-refractivity contribution in [2.75, 3.05) is 13.1 Å². The van der Waals surface area contributed by atoms with Crippen molar-refractivity contribution >= 4 is 12.2 Å². The van der Waals surface area contributed by atoms with Crippen LogP contribution in [0.15, 0.2) is 0 Å². The van der Waals surface area contributed by atoms with E-state index in [0.717, 1.165) is 17.5 Å². The van der Waals surface area contributed by atoms with Crippen LogP contribution < -0.4 is 5.32 Å². The molecule has 1 aromatic rings. The first-order valence-electron chi connectivity index (χ1n) is 6.63. The average Bonchev–Trinajstić information content (AvgIpc) is 2.62. The van der Waals surface area contributed by atoms with Crippen LogP contribution in [-0.2, 0) is 0 Å². The zero-order valence-corrected chi connectivity index (χ0v) is 11.9. The minimum absolute atomic E-state index is 0.0135. The number of rotatable bonds is 2. The van der Waals surface area contributed by atoms with Crippen molar-refractivity contribution in [3.8, 4) is 0 Å². The molecule has 0 unspecified atom stereocenters. The highest BCUT2D eigenvalue weighted by molar-refractivity contribution is 5.99. The van der Waals surface area contributed by atoms with E-state index in [0.29, 0.717) is 24.3 Å². The van der Waals surface area contributed by atoms with Gasteiger partial charge in [-0.2, -0.15) is 0 Å². The fraction of sp³-hybridized carbons (Fsp3) is 0.571. The predicted molar refractivity (Wildman–Crippen MR) is 73.6 cm³/mol. The lowest BCUT2D eigenvalue weighted by Gasteiger charge is -2.36. The SMILES string of the molecule is Cc1[nH]c(C=O)c(C)c1C(=O)N1C[C@H](C)N[C@@H](C)C1. The van der Waals surface area contributed by atoms with Crippen molar-refractivity contribution in [2.45, 2.75) is 39.8 Å². The van der Waals surface area contributed by atoms with Gasteiger partial charge in [0, 0.05) is 30.9 Å². The molecule has 1 saturated heterocycles. The number of nitrogens with zero attached hydrogens (tertiary/aromatic N) is 1. The zero-order valence-electron chi connectivity index (χ0n) is 11.9. The number of nitrogens with one attached hydrogen (secondary N) is 2. The Hall–Kier alpha value is -1.62. The van der Waals surface area contributed by atoms with E-state index in [1.54, 1.807) is 0 Å². The maximum Gasteiger partial charge on any atom is 0.256 e. The number of aromatic nitrogens is 1. The van der Waals surface area contributed by atoms with E-state index in [-0.39, 0.29) is 18.0 Å². The normalized spacial score (nSPS) is 23.5. The fourth-order valence-electron chi connectivity index (χ4n) is 2.86. The van der Waals surface area contributed by atoms with E-state index >= 15 is 0 Å². The molecular formula is C14H21N3O2. The van der Waals surface area contributed by atoms with Crippen LogP contribution >= 0.6 is 0 Å². The first-order chi connectivity index (χ1) is 8.93. The van der Waals surface area contributed by atoms with E-state index in [1.165, 1.54) is 0 Å². The maximum absolute atomic E-state index is 12.6. The molecule has 5 heteroatoms. The van der Waals surface area contributed by atoms with Crippen LogP contribution in [0.1, 0.15) is 46.0 Å². The van der Waals surface area contributed by atoms with Gasteiger partial charge < -0.3 is 15.2 Å². The highest BCUT2D eigenvalue weighted by Gasteiger charge is 2.28. The number of piperazine rings is 1.